The maximum absolute atomic E-state index is 13.2. The van der Waals surface area contributed by atoms with Crippen LogP contribution in [-0.2, 0) is 0 Å². The van der Waals surface area contributed by atoms with Gasteiger partial charge in [-0.1, -0.05) is 29.8 Å². The van der Waals surface area contributed by atoms with Crippen molar-refractivity contribution in [2.45, 2.75) is 27.7 Å². The number of nitrogens with zero attached hydrogens (tertiary/aromatic N) is 1. The topological polar surface area (TPSA) is 64.4 Å². The molecule has 1 heterocycles. The summed E-state index contributed by atoms with van der Waals surface area (Å²) in [5.74, 6) is 1.64. The molecule has 0 spiro atoms. The number of hydrogen-bond donors (Lipinski definition) is 1. The third kappa shape index (κ3) is 4.42. The summed E-state index contributed by atoms with van der Waals surface area (Å²) in [7, 11) is 0. The summed E-state index contributed by atoms with van der Waals surface area (Å²) in [6.45, 7) is 8.61. The van der Waals surface area contributed by atoms with E-state index in [0.717, 1.165) is 28.1 Å². The average molecular weight is 427 g/mol. The second-order valence-electron chi connectivity index (χ2n) is 7.76. The Morgan fingerprint density at radius 1 is 1.00 bits per heavy atom. The van der Waals surface area contributed by atoms with Gasteiger partial charge in [0.25, 0.3) is 5.91 Å². The molecular weight excluding hydrogens is 400 g/mol. The predicted molar refractivity (Wildman–Crippen MR) is 127 cm³/mol. The van der Waals surface area contributed by atoms with Crippen LogP contribution in [0.1, 0.15) is 34.0 Å². The van der Waals surface area contributed by atoms with E-state index in [2.05, 4.69) is 22.4 Å². The second kappa shape index (κ2) is 9.10. The van der Waals surface area contributed by atoms with Crippen LogP contribution in [0.4, 0.5) is 5.69 Å². The molecule has 0 atom stereocenters. The molecule has 162 valence electrons. The number of aromatic nitrogens is 1. The van der Waals surface area contributed by atoms with Gasteiger partial charge in [-0.2, -0.15) is 0 Å². The molecule has 5 nitrogen and oxygen atoms in total. The molecule has 0 fully saturated rings. The van der Waals surface area contributed by atoms with Crippen molar-refractivity contribution in [3.8, 4) is 28.5 Å². The highest BCUT2D eigenvalue weighted by Gasteiger charge is 2.18. The standard InChI is InChI=1S/C27H26N2O3/c1-5-31-21-12-10-20(11-13-21)24-16-28-27(32-24)23-9-7-6-8-22(23)26(30)29-25-18(3)14-17(2)15-19(25)4/h6-16H,5H2,1-4H3,(H,29,30). The van der Waals surface area contributed by atoms with Crippen LogP contribution < -0.4 is 10.1 Å². The van der Waals surface area contributed by atoms with Crippen molar-refractivity contribution in [3.63, 3.8) is 0 Å². The third-order valence-electron chi connectivity index (χ3n) is 5.27. The highest BCUT2D eigenvalue weighted by molar-refractivity contribution is 6.08. The molecule has 0 unspecified atom stereocenters. The Hall–Kier alpha value is -3.86. The summed E-state index contributed by atoms with van der Waals surface area (Å²) < 4.78 is 11.5. The fourth-order valence-electron chi connectivity index (χ4n) is 3.84. The van der Waals surface area contributed by atoms with Crippen LogP contribution in [0.2, 0.25) is 0 Å². The van der Waals surface area contributed by atoms with E-state index >= 15 is 0 Å². The molecule has 0 saturated carbocycles. The van der Waals surface area contributed by atoms with E-state index in [1.165, 1.54) is 5.56 Å². The van der Waals surface area contributed by atoms with Gasteiger partial charge < -0.3 is 14.5 Å². The van der Waals surface area contributed by atoms with Crippen molar-refractivity contribution in [1.82, 2.24) is 4.98 Å². The number of amides is 1. The summed E-state index contributed by atoms with van der Waals surface area (Å²) >= 11 is 0. The van der Waals surface area contributed by atoms with E-state index in [1.807, 2.05) is 70.2 Å². The van der Waals surface area contributed by atoms with Gasteiger partial charge in [0.15, 0.2) is 5.76 Å². The lowest BCUT2D eigenvalue weighted by Crippen LogP contribution is -2.15. The number of ether oxygens (including phenoxy) is 1. The van der Waals surface area contributed by atoms with E-state index in [9.17, 15) is 4.79 Å². The molecule has 5 heteroatoms. The van der Waals surface area contributed by atoms with E-state index in [1.54, 1.807) is 12.3 Å². The van der Waals surface area contributed by atoms with Crippen LogP contribution in [0.5, 0.6) is 5.75 Å². The minimum atomic E-state index is -0.198. The molecule has 0 radical (unpaired) electrons. The Morgan fingerprint density at radius 3 is 2.38 bits per heavy atom. The number of aryl methyl sites for hydroxylation is 3. The largest absolute Gasteiger partial charge is 0.494 e. The van der Waals surface area contributed by atoms with E-state index < -0.39 is 0 Å². The first-order chi connectivity index (χ1) is 15.5. The Bertz CT molecular complexity index is 1230. The molecule has 1 aromatic heterocycles. The van der Waals surface area contributed by atoms with Crippen molar-refractivity contribution >= 4 is 11.6 Å². The Balaban J connectivity index is 1.62. The highest BCUT2D eigenvalue weighted by Crippen LogP contribution is 2.30. The SMILES string of the molecule is CCOc1ccc(-c2cnc(-c3ccccc3C(=O)Nc3c(C)cc(C)cc3C)o2)cc1. The molecule has 0 aliphatic rings. The Kier molecular flexibility index (Phi) is 6.08. The number of benzene rings is 3. The first-order valence-electron chi connectivity index (χ1n) is 10.6. The summed E-state index contributed by atoms with van der Waals surface area (Å²) in [4.78, 5) is 17.6. The Labute approximate surface area is 188 Å². The van der Waals surface area contributed by atoms with Crippen molar-refractivity contribution in [2.75, 3.05) is 11.9 Å². The van der Waals surface area contributed by atoms with Crippen LogP contribution in [0.25, 0.3) is 22.8 Å². The molecule has 0 aliphatic carbocycles. The Morgan fingerprint density at radius 2 is 1.69 bits per heavy atom. The summed E-state index contributed by atoms with van der Waals surface area (Å²) in [6.07, 6.45) is 1.67. The number of anilines is 1. The first-order valence-corrected chi connectivity index (χ1v) is 10.6. The molecule has 3 aromatic carbocycles. The zero-order valence-corrected chi connectivity index (χ0v) is 18.7. The van der Waals surface area contributed by atoms with Gasteiger partial charge in [-0.3, -0.25) is 4.79 Å². The molecular formula is C27H26N2O3. The van der Waals surface area contributed by atoms with Crippen molar-refractivity contribution in [2.24, 2.45) is 0 Å². The lowest BCUT2D eigenvalue weighted by atomic mass is 10.0. The summed E-state index contributed by atoms with van der Waals surface area (Å²) in [6, 6.07) is 19.1. The van der Waals surface area contributed by atoms with Gasteiger partial charge in [-0.25, -0.2) is 4.98 Å². The molecule has 1 N–H and O–H groups in total. The van der Waals surface area contributed by atoms with Crippen molar-refractivity contribution < 1.29 is 13.9 Å². The summed E-state index contributed by atoms with van der Waals surface area (Å²) in [5, 5.41) is 3.07. The van der Waals surface area contributed by atoms with E-state index in [-0.39, 0.29) is 5.91 Å². The summed E-state index contributed by atoms with van der Waals surface area (Å²) in [5.41, 5.74) is 6.10. The van der Waals surface area contributed by atoms with E-state index in [4.69, 9.17) is 9.15 Å². The fraction of sp³-hybridized carbons (Fsp3) is 0.185. The normalized spacial score (nSPS) is 10.8. The molecule has 0 aliphatic heterocycles. The quantitative estimate of drug-likeness (QED) is 0.378. The maximum atomic E-state index is 13.2. The lowest BCUT2D eigenvalue weighted by Gasteiger charge is -2.14. The number of carbonyl (C=O) groups excluding carboxylic acids is 1. The van der Waals surface area contributed by atoms with Crippen LogP contribution in [-0.4, -0.2) is 17.5 Å². The predicted octanol–water partition coefficient (Wildman–Crippen LogP) is 6.58. The molecule has 32 heavy (non-hydrogen) atoms. The highest BCUT2D eigenvalue weighted by atomic mass is 16.5. The van der Waals surface area contributed by atoms with Gasteiger partial charge in [0.05, 0.1) is 18.4 Å². The van der Waals surface area contributed by atoms with Crippen molar-refractivity contribution in [3.05, 3.63) is 89.1 Å². The average Bonchev–Trinajstić information content (AvgIpc) is 3.27. The minimum absolute atomic E-state index is 0.198. The van der Waals surface area contributed by atoms with Gasteiger partial charge in [0.2, 0.25) is 5.89 Å². The van der Waals surface area contributed by atoms with Crippen LogP contribution in [0.15, 0.2) is 71.3 Å². The van der Waals surface area contributed by atoms with Crippen molar-refractivity contribution in [1.29, 1.82) is 0 Å². The van der Waals surface area contributed by atoms with Gasteiger partial charge >= 0.3 is 0 Å². The third-order valence-corrected chi connectivity index (χ3v) is 5.27. The minimum Gasteiger partial charge on any atom is -0.494 e. The van der Waals surface area contributed by atoms with Gasteiger partial charge in [-0.15, -0.1) is 0 Å². The second-order valence-corrected chi connectivity index (χ2v) is 7.76. The first kappa shape index (κ1) is 21.4. The van der Waals surface area contributed by atoms with Gasteiger partial charge in [0.1, 0.15) is 5.75 Å². The van der Waals surface area contributed by atoms with Gasteiger partial charge in [0, 0.05) is 16.8 Å². The number of oxazole rings is 1. The van der Waals surface area contributed by atoms with Crippen LogP contribution in [0.3, 0.4) is 0 Å². The zero-order valence-electron chi connectivity index (χ0n) is 18.7. The monoisotopic (exact) mass is 426 g/mol. The van der Waals surface area contributed by atoms with Crippen LogP contribution in [0, 0.1) is 20.8 Å². The zero-order chi connectivity index (χ0) is 22.7. The number of nitrogens with one attached hydrogen (secondary N) is 1. The molecule has 4 aromatic rings. The fourth-order valence-corrected chi connectivity index (χ4v) is 3.84. The molecule has 4 rings (SSSR count). The maximum Gasteiger partial charge on any atom is 0.256 e. The van der Waals surface area contributed by atoms with E-state index in [0.29, 0.717) is 29.4 Å². The number of carbonyl (C=O) groups is 1. The number of rotatable bonds is 6. The molecule has 1 amide bonds. The lowest BCUT2D eigenvalue weighted by molar-refractivity contribution is 0.102. The molecule has 0 saturated heterocycles. The van der Waals surface area contributed by atoms with Crippen LogP contribution >= 0.6 is 0 Å². The van der Waals surface area contributed by atoms with Gasteiger partial charge in [-0.05, 0) is 75.2 Å². The smallest absolute Gasteiger partial charge is 0.256 e. The molecule has 0 bridgehead atoms. The number of hydrogen-bond acceptors (Lipinski definition) is 4.